The van der Waals surface area contributed by atoms with Crippen LogP contribution in [-0.2, 0) is 0 Å². The van der Waals surface area contributed by atoms with Gasteiger partial charge in [-0.2, -0.15) is 0 Å². The van der Waals surface area contributed by atoms with Crippen LogP contribution >= 0.6 is 0 Å². The van der Waals surface area contributed by atoms with E-state index >= 15 is 0 Å². The molecule has 0 saturated heterocycles. The maximum Gasteiger partial charge on any atom is 0.119 e. The number of hydrogen-bond acceptors (Lipinski definition) is 3. The van der Waals surface area contributed by atoms with Gasteiger partial charge in [0, 0.05) is 18.7 Å². The summed E-state index contributed by atoms with van der Waals surface area (Å²) in [5.41, 5.74) is 1.15. The van der Waals surface area contributed by atoms with E-state index < -0.39 is 0 Å². The molecule has 0 amide bonds. The zero-order valence-corrected chi connectivity index (χ0v) is 11.4. The summed E-state index contributed by atoms with van der Waals surface area (Å²) in [6, 6.07) is 4.90. The van der Waals surface area contributed by atoms with Gasteiger partial charge in [0.2, 0.25) is 0 Å². The highest BCUT2D eigenvalue weighted by atomic mass is 16.3. The molecule has 0 aliphatic carbocycles. The summed E-state index contributed by atoms with van der Waals surface area (Å²) >= 11 is 0. The van der Waals surface area contributed by atoms with Crippen molar-refractivity contribution in [2.45, 2.75) is 33.7 Å². The summed E-state index contributed by atoms with van der Waals surface area (Å²) in [4.78, 5) is 2.22. The van der Waals surface area contributed by atoms with Crippen LogP contribution in [0.2, 0.25) is 0 Å². The highest BCUT2D eigenvalue weighted by Gasteiger charge is 2.19. The molecular weight excluding hydrogens is 214 g/mol. The van der Waals surface area contributed by atoms with Gasteiger partial charge in [-0.25, -0.2) is 0 Å². The molecule has 1 atom stereocenters. The second-order valence-corrected chi connectivity index (χ2v) is 5.93. The molecule has 0 saturated carbocycles. The van der Waals surface area contributed by atoms with Crippen molar-refractivity contribution in [3.63, 3.8) is 0 Å². The average molecular weight is 237 g/mol. The fourth-order valence-electron chi connectivity index (χ4n) is 2.00. The number of phenols is 2. The monoisotopic (exact) mass is 237 g/mol. The lowest BCUT2D eigenvalue weighted by Crippen LogP contribution is -2.31. The number of hydrogen-bond donors (Lipinski definition) is 2. The van der Waals surface area contributed by atoms with E-state index in [1.165, 1.54) is 6.07 Å². The normalized spacial score (nSPS) is 14.0. The molecule has 0 radical (unpaired) electrons. The van der Waals surface area contributed by atoms with E-state index in [1.54, 1.807) is 12.1 Å². The van der Waals surface area contributed by atoms with Gasteiger partial charge in [0.1, 0.15) is 11.5 Å². The van der Waals surface area contributed by atoms with E-state index in [-0.39, 0.29) is 23.0 Å². The molecule has 3 nitrogen and oxygen atoms in total. The zero-order chi connectivity index (χ0) is 13.2. The lowest BCUT2D eigenvalue weighted by atomic mass is 9.95. The van der Waals surface area contributed by atoms with Gasteiger partial charge < -0.3 is 10.2 Å². The van der Waals surface area contributed by atoms with Gasteiger partial charge in [-0.3, -0.25) is 4.90 Å². The molecule has 0 bridgehead atoms. The lowest BCUT2D eigenvalue weighted by molar-refractivity contribution is 0.182. The molecule has 1 rings (SSSR count). The van der Waals surface area contributed by atoms with E-state index in [2.05, 4.69) is 39.6 Å². The Hall–Kier alpha value is -1.22. The number of nitrogens with zero attached hydrogens (tertiary/aromatic N) is 1. The summed E-state index contributed by atoms with van der Waals surface area (Å²) in [5.74, 6) is 0.215. The van der Waals surface area contributed by atoms with Crippen LogP contribution in [0.1, 0.15) is 39.3 Å². The van der Waals surface area contributed by atoms with Crippen molar-refractivity contribution in [2.75, 3.05) is 13.6 Å². The summed E-state index contributed by atoms with van der Waals surface area (Å²) in [6.45, 7) is 9.59. The van der Waals surface area contributed by atoms with Gasteiger partial charge in [0.25, 0.3) is 0 Å². The van der Waals surface area contributed by atoms with Gasteiger partial charge >= 0.3 is 0 Å². The van der Waals surface area contributed by atoms with Crippen LogP contribution in [-0.4, -0.2) is 28.7 Å². The molecular formula is C14H23NO2. The molecule has 1 aromatic rings. The first kappa shape index (κ1) is 13.8. The maximum atomic E-state index is 9.48. The second kappa shape index (κ2) is 4.96. The van der Waals surface area contributed by atoms with Crippen molar-refractivity contribution in [2.24, 2.45) is 5.41 Å². The predicted octanol–water partition coefficient (Wildman–Crippen LogP) is 3.14. The van der Waals surface area contributed by atoms with Crippen LogP contribution in [0.4, 0.5) is 0 Å². The van der Waals surface area contributed by atoms with E-state index in [0.717, 1.165) is 12.1 Å². The van der Waals surface area contributed by atoms with Crippen LogP contribution in [0.15, 0.2) is 18.2 Å². The van der Waals surface area contributed by atoms with Crippen LogP contribution in [0.5, 0.6) is 11.5 Å². The third kappa shape index (κ3) is 4.27. The van der Waals surface area contributed by atoms with Gasteiger partial charge in [-0.1, -0.05) is 20.8 Å². The lowest BCUT2D eigenvalue weighted by Gasteiger charge is -2.31. The van der Waals surface area contributed by atoms with Crippen molar-refractivity contribution in [3.05, 3.63) is 23.8 Å². The minimum Gasteiger partial charge on any atom is -0.508 e. The Bertz CT molecular complexity index is 362. The minimum absolute atomic E-state index is 0.107. The molecule has 0 fully saturated rings. The third-order valence-corrected chi connectivity index (χ3v) is 2.79. The van der Waals surface area contributed by atoms with Crippen LogP contribution in [0.25, 0.3) is 0 Å². The van der Waals surface area contributed by atoms with Crippen molar-refractivity contribution < 1.29 is 10.2 Å². The van der Waals surface area contributed by atoms with Crippen molar-refractivity contribution in [1.82, 2.24) is 4.90 Å². The summed E-state index contributed by atoms with van der Waals surface area (Å²) < 4.78 is 0. The topological polar surface area (TPSA) is 43.7 Å². The number of phenolic OH excluding ortho intramolecular Hbond substituents is 2. The molecule has 0 spiro atoms. The summed E-state index contributed by atoms with van der Waals surface area (Å²) in [5, 5.41) is 19.0. The maximum absolute atomic E-state index is 9.48. The van der Waals surface area contributed by atoms with Crippen molar-refractivity contribution >= 4 is 0 Å². The highest BCUT2D eigenvalue weighted by molar-refractivity contribution is 5.37. The molecule has 0 aliphatic heterocycles. The Morgan fingerprint density at radius 2 is 1.59 bits per heavy atom. The SMILES string of the molecule is CC(c1cc(O)cc(O)c1)N(C)CC(C)(C)C. The minimum atomic E-state index is 0.107. The summed E-state index contributed by atoms with van der Waals surface area (Å²) in [7, 11) is 2.05. The van der Waals surface area contributed by atoms with E-state index in [0.29, 0.717) is 0 Å². The van der Waals surface area contributed by atoms with Gasteiger partial charge in [-0.05, 0) is 37.1 Å². The number of aromatic hydroxyl groups is 2. The average Bonchev–Trinajstić information content (AvgIpc) is 2.12. The first-order valence-electron chi connectivity index (χ1n) is 5.92. The largest absolute Gasteiger partial charge is 0.508 e. The first-order chi connectivity index (χ1) is 7.69. The Kier molecular flexibility index (Phi) is 4.04. The molecule has 3 heteroatoms. The number of benzene rings is 1. The molecule has 2 N–H and O–H groups in total. The quantitative estimate of drug-likeness (QED) is 0.848. The van der Waals surface area contributed by atoms with Gasteiger partial charge in [0.15, 0.2) is 0 Å². The second-order valence-electron chi connectivity index (χ2n) is 5.93. The smallest absolute Gasteiger partial charge is 0.119 e. The fraction of sp³-hybridized carbons (Fsp3) is 0.571. The Balaban J connectivity index is 2.84. The van der Waals surface area contributed by atoms with E-state index in [9.17, 15) is 10.2 Å². The summed E-state index contributed by atoms with van der Waals surface area (Å²) in [6.07, 6.45) is 0. The molecule has 0 heterocycles. The molecule has 1 unspecified atom stereocenters. The standard InChI is InChI=1S/C14H23NO2/c1-10(15(5)9-14(2,3)4)11-6-12(16)8-13(17)7-11/h6-8,10,16-17H,9H2,1-5H3. The Morgan fingerprint density at radius 1 is 1.12 bits per heavy atom. The molecule has 96 valence electrons. The molecule has 0 aromatic heterocycles. The first-order valence-corrected chi connectivity index (χ1v) is 5.92. The van der Waals surface area contributed by atoms with Crippen molar-refractivity contribution in [1.29, 1.82) is 0 Å². The van der Waals surface area contributed by atoms with Gasteiger partial charge in [0.05, 0.1) is 0 Å². The third-order valence-electron chi connectivity index (χ3n) is 2.79. The van der Waals surface area contributed by atoms with Crippen molar-refractivity contribution in [3.8, 4) is 11.5 Å². The van der Waals surface area contributed by atoms with Gasteiger partial charge in [-0.15, -0.1) is 0 Å². The Labute approximate surface area is 104 Å². The number of rotatable bonds is 3. The van der Waals surface area contributed by atoms with E-state index in [4.69, 9.17) is 0 Å². The van der Waals surface area contributed by atoms with Crippen LogP contribution < -0.4 is 0 Å². The molecule has 1 aromatic carbocycles. The molecule has 17 heavy (non-hydrogen) atoms. The van der Waals surface area contributed by atoms with Crippen LogP contribution in [0, 0.1) is 5.41 Å². The van der Waals surface area contributed by atoms with E-state index in [1.807, 2.05) is 0 Å². The highest BCUT2D eigenvalue weighted by Crippen LogP contribution is 2.29. The fourth-order valence-corrected chi connectivity index (χ4v) is 2.00. The Morgan fingerprint density at radius 3 is 2.00 bits per heavy atom. The molecule has 0 aliphatic rings. The predicted molar refractivity (Wildman–Crippen MR) is 70.3 cm³/mol. The van der Waals surface area contributed by atoms with Crippen LogP contribution in [0.3, 0.4) is 0 Å². The zero-order valence-electron chi connectivity index (χ0n) is 11.4.